The normalized spacial score (nSPS) is 16.3. The van der Waals surface area contributed by atoms with E-state index in [-0.39, 0.29) is 17.7 Å². The monoisotopic (exact) mass is 502 g/mol. The first-order chi connectivity index (χ1) is 17.9. The van der Waals surface area contributed by atoms with Gasteiger partial charge in [0.2, 0.25) is 0 Å². The summed E-state index contributed by atoms with van der Waals surface area (Å²) in [6.45, 7) is 7.50. The largest absolute Gasteiger partial charge is 0.493 e. The SMILES string of the molecule is Cc1ccc(Oc2ccc(OCCCOc3cc4c(cc3C)C(=O)N3CCC[C@H]3C=N4)cc2F)cc1C. The summed E-state index contributed by atoms with van der Waals surface area (Å²) in [5.41, 5.74) is 4.40. The molecule has 0 aromatic heterocycles. The lowest BCUT2D eigenvalue weighted by molar-refractivity contribution is 0.0774. The number of benzene rings is 3. The Kier molecular flexibility index (Phi) is 7.12. The molecule has 0 radical (unpaired) electrons. The van der Waals surface area contributed by atoms with Gasteiger partial charge in [-0.3, -0.25) is 9.79 Å². The van der Waals surface area contributed by atoms with Gasteiger partial charge in [-0.2, -0.15) is 0 Å². The van der Waals surface area contributed by atoms with Crippen LogP contribution in [-0.4, -0.2) is 42.8 Å². The van der Waals surface area contributed by atoms with Crippen LogP contribution in [0.25, 0.3) is 0 Å². The van der Waals surface area contributed by atoms with Gasteiger partial charge in [0.15, 0.2) is 11.6 Å². The molecule has 0 unspecified atom stereocenters. The molecule has 0 saturated carbocycles. The molecule has 1 saturated heterocycles. The number of rotatable bonds is 8. The molecule has 0 bridgehead atoms. The van der Waals surface area contributed by atoms with E-state index in [1.54, 1.807) is 12.1 Å². The Morgan fingerprint density at radius 3 is 2.54 bits per heavy atom. The third-order valence-corrected chi connectivity index (χ3v) is 6.89. The maximum Gasteiger partial charge on any atom is 0.256 e. The fourth-order valence-electron chi connectivity index (χ4n) is 4.62. The van der Waals surface area contributed by atoms with Gasteiger partial charge >= 0.3 is 0 Å². The number of nitrogens with zero attached hydrogens (tertiary/aromatic N) is 2. The third-order valence-electron chi connectivity index (χ3n) is 6.89. The van der Waals surface area contributed by atoms with Gasteiger partial charge in [0.25, 0.3) is 5.91 Å². The average Bonchev–Trinajstić information content (AvgIpc) is 3.31. The predicted octanol–water partition coefficient (Wildman–Crippen LogP) is 6.71. The van der Waals surface area contributed by atoms with Crippen LogP contribution in [0.5, 0.6) is 23.0 Å². The number of hydrogen-bond donors (Lipinski definition) is 0. The number of amides is 1. The first-order valence-electron chi connectivity index (χ1n) is 12.7. The van der Waals surface area contributed by atoms with Crippen molar-refractivity contribution in [1.82, 2.24) is 4.90 Å². The molecule has 37 heavy (non-hydrogen) atoms. The fraction of sp³-hybridized carbons (Fsp3) is 0.333. The van der Waals surface area contributed by atoms with Gasteiger partial charge < -0.3 is 19.1 Å². The summed E-state index contributed by atoms with van der Waals surface area (Å²) in [5.74, 6) is 1.43. The number of fused-ring (bicyclic) bond motifs is 2. The number of aliphatic imine (C=N–C) groups is 1. The zero-order valence-corrected chi connectivity index (χ0v) is 21.4. The number of halogens is 1. The van der Waals surface area contributed by atoms with E-state index in [1.165, 1.54) is 6.07 Å². The number of hydrogen-bond acceptors (Lipinski definition) is 5. The second kappa shape index (κ2) is 10.6. The van der Waals surface area contributed by atoms with Crippen LogP contribution in [0.1, 0.15) is 46.3 Å². The maximum absolute atomic E-state index is 14.6. The summed E-state index contributed by atoms with van der Waals surface area (Å²) in [5, 5.41) is 0. The van der Waals surface area contributed by atoms with Crippen LogP contribution >= 0.6 is 0 Å². The van der Waals surface area contributed by atoms with Crippen LogP contribution in [0.2, 0.25) is 0 Å². The van der Waals surface area contributed by atoms with Crippen molar-refractivity contribution in [3.8, 4) is 23.0 Å². The first kappa shape index (κ1) is 24.8. The molecule has 1 amide bonds. The number of carbonyl (C=O) groups is 1. The van der Waals surface area contributed by atoms with Gasteiger partial charge in [0.1, 0.15) is 17.2 Å². The predicted molar refractivity (Wildman–Crippen MR) is 141 cm³/mol. The Morgan fingerprint density at radius 2 is 1.73 bits per heavy atom. The average molecular weight is 503 g/mol. The second-order valence-corrected chi connectivity index (χ2v) is 9.61. The highest BCUT2D eigenvalue weighted by Gasteiger charge is 2.32. The number of aryl methyl sites for hydroxylation is 3. The molecule has 3 aromatic rings. The summed E-state index contributed by atoms with van der Waals surface area (Å²) in [6, 6.07) is 14.0. The highest BCUT2D eigenvalue weighted by atomic mass is 19.1. The zero-order valence-electron chi connectivity index (χ0n) is 21.4. The van der Waals surface area contributed by atoms with Gasteiger partial charge in [-0.15, -0.1) is 0 Å². The van der Waals surface area contributed by atoms with Crippen molar-refractivity contribution < 1.29 is 23.4 Å². The van der Waals surface area contributed by atoms with E-state index in [0.29, 0.717) is 48.1 Å². The summed E-state index contributed by atoms with van der Waals surface area (Å²) < 4.78 is 31.9. The molecule has 2 aliphatic rings. The second-order valence-electron chi connectivity index (χ2n) is 9.61. The Labute approximate surface area is 216 Å². The van der Waals surface area contributed by atoms with Crippen molar-refractivity contribution in [2.45, 2.75) is 46.1 Å². The van der Waals surface area contributed by atoms with Crippen LogP contribution in [0.15, 0.2) is 53.5 Å². The molecule has 1 fully saturated rings. The lowest BCUT2D eigenvalue weighted by Gasteiger charge is -2.20. The Hall–Kier alpha value is -3.87. The van der Waals surface area contributed by atoms with E-state index in [2.05, 4.69) is 4.99 Å². The molecule has 1 atom stereocenters. The zero-order chi connectivity index (χ0) is 25.9. The lowest BCUT2D eigenvalue weighted by atomic mass is 10.1. The maximum atomic E-state index is 14.6. The van der Waals surface area contributed by atoms with Crippen molar-refractivity contribution in [2.24, 2.45) is 4.99 Å². The summed E-state index contributed by atoms with van der Waals surface area (Å²) in [7, 11) is 0. The summed E-state index contributed by atoms with van der Waals surface area (Å²) >= 11 is 0. The molecular formula is C30H31FN2O4. The quantitative estimate of drug-likeness (QED) is 0.321. The van der Waals surface area contributed by atoms with Crippen molar-refractivity contribution in [3.05, 3.63) is 76.6 Å². The summed E-state index contributed by atoms with van der Waals surface area (Å²) in [4.78, 5) is 19.4. The smallest absolute Gasteiger partial charge is 0.256 e. The molecule has 5 rings (SSSR count). The van der Waals surface area contributed by atoms with Crippen molar-refractivity contribution >= 4 is 17.8 Å². The van der Waals surface area contributed by atoms with E-state index < -0.39 is 5.82 Å². The van der Waals surface area contributed by atoms with Crippen LogP contribution in [0.4, 0.5) is 10.1 Å². The topological polar surface area (TPSA) is 60.4 Å². The minimum atomic E-state index is -0.483. The molecule has 2 heterocycles. The molecule has 7 heteroatoms. The van der Waals surface area contributed by atoms with E-state index in [4.69, 9.17) is 14.2 Å². The fourth-order valence-corrected chi connectivity index (χ4v) is 4.62. The molecule has 0 aliphatic carbocycles. The van der Waals surface area contributed by atoms with Gasteiger partial charge in [-0.1, -0.05) is 6.07 Å². The van der Waals surface area contributed by atoms with E-state index in [1.807, 2.05) is 62.2 Å². The van der Waals surface area contributed by atoms with E-state index >= 15 is 0 Å². The van der Waals surface area contributed by atoms with Crippen LogP contribution in [0.3, 0.4) is 0 Å². The molecule has 0 N–H and O–H groups in total. The van der Waals surface area contributed by atoms with Crippen LogP contribution < -0.4 is 14.2 Å². The van der Waals surface area contributed by atoms with E-state index in [0.717, 1.165) is 36.1 Å². The van der Waals surface area contributed by atoms with Crippen LogP contribution in [-0.2, 0) is 0 Å². The van der Waals surface area contributed by atoms with Crippen molar-refractivity contribution in [3.63, 3.8) is 0 Å². The van der Waals surface area contributed by atoms with Gasteiger partial charge in [-0.25, -0.2) is 4.39 Å². The van der Waals surface area contributed by atoms with Gasteiger partial charge in [0, 0.05) is 31.3 Å². The molecule has 192 valence electrons. The molecule has 6 nitrogen and oxygen atoms in total. The molecule has 3 aromatic carbocycles. The van der Waals surface area contributed by atoms with Crippen molar-refractivity contribution in [2.75, 3.05) is 19.8 Å². The Morgan fingerprint density at radius 1 is 0.919 bits per heavy atom. The minimum Gasteiger partial charge on any atom is -0.493 e. The van der Waals surface area contributed by atoms with Crippen LogP contribution in [0, 0.1) is 26.6 Å². The lowest BCUT2D eigenvalue weighted by Crippen LogP contribution is -2.35. The number of ether oxygens (including phenoxy) is 3. The third kappa shape index (κ3) is 5.45. The highest BCUT2D eigenvalue weighted by molar-refractivity contribution is 6.03. The molecular weight excluding hydrogens is 471 g/mol. The standard InChI is InChI=1S/C30H31FN2O4/c1-19-7-8-24(14-20(19)2)37-28-10-9-23(16-26(28)31)35-12-5-13-36-29-17-27-25(15-21(29)3)30(34)33-11-4-6-22(33)18-32-27/h7-10,14-18,22H,4-6,11-13H2,1-3H3/t22-/m0/s1. The number of carbonyl (C=O) groups excluding carboxylic acids is 1. The summed E-state index contributed by atoms with van der Waals surface area (Å²) in [6.07, 6.45) is 4.45. The first-order valence-corrected chi connectivity index (χ1v) is 12.7. The van der Waals surface area contributed by atoms with Gasteiger partial charge in [-0.05, 0) is 80.6 Å². The Bertz CT molecular complexity index is 1350. The molecule has 2 aliphatic heterocycles. The Balaban J connectivity index is 1.13. The molecule has 0 spiro atoms. The van der Waals surface area contributed by atoms with Crippen molar-refractivity contribution in [1.29, 1.82) is 0 Å². The minimum absolute atomic E-state index is 0.0377. The van der Waals surface area contributed by atoms with E-state index in [9.17, 15) is 9.18 Å². The van der Waals surface area contributed by atoms with Gasteiger partial charge in [0.05, 0.1) is 30.5 Å². The highest BCUT2D eigenvalue weighted by Crippen LogP contribution is 2.34.